The molecule has 38 heavy (non-hydrogen) atoms. The SMILES string of the molecule is O=C(CN(Cc1ccccc1)c1nc(Cc2ccc(F)cc2)ns1)NC(c1ccccc1)c1ccccc1. The summed E-state index contributed by atoms with van der Waals surface area (Å²) in [6.07, 6.45) is 0.492. The normalized spacial score (nSPS) is 10.9. The maximum atomic E-state index is 13.5. The van der Waals surface area contributed by atoms with E-state index in [-0.39, 0.29) is 24.3 Å². The third kappa shape index (κ3) is 6.69. The molecular weight excluding hydrogens is 495 g/mol. The van der Waals surface area contributed by atoms with Crippen molar-refractivity contribution in [3.63, 3.8) is 0 Å². The summed E-state index contributed by atoms with van der Waals surface area (Å²) < 4.78 is 17.8. The number of benzene rings is 4. The molecule has 0 aliphatic carbocycles. The number of amides is 1. The van der Waals surface area contributed by atoms with Crippen LogP contribution in [0.3, 0.4) is 0 Å². The van der Waals surface area contributed by atoms with Gasteiger partial charge in [-0.2, -0.15) is 4.37 Å². The monoisotopic (exact) mass is 522 g/mol. The van der Waals surface area contributed by atoms with Gasteiger partial charge in [0.1, 0.15) is 11.6 Å². The molecule has 0 saturated carbocycles. The van der Waals surface area contributed by atoms with Gasteiger partial charge in [0.05, 0.1) is 12.6 Å². The Morgan fingerprint density at radius 2 is 1.37 bits per heavy atom. The Kier molecular flexibility index (Phi) is 8.16. The Morgan fingerprint density at radius 3 is 1.97 bits per heavy atom. The molecule has 0 fully saturated rings. The molecular formula is C31H27FN4OS. The molecule has 190 valence electrons. The quantitative estimate of drug-likeness (QED) is 0.238. The van der Waals surface area contributed by atoms with Crippen LogP contribution in [0.5, 0.6) is 0 Å². The van der Waals surface area contributed by atoms with Crippen molar-refractivity contribution in [1.82, 2.24) is 14.7 Å². The van der Waals surface area contributed by atoms with Gasteiger partial charge in [0, 0.05) is 24.5 Å². The average Bonchev–Trinajstić information content (AvgIpc) is 3.43. The lowest BCUT2D eigenvalue weighted by Crippen LogP contribution is -2.39. The highest BCUT2D eigenvalue weighted by Crippen LogP contribution is 2.24. The van der Waals surface area contributed by atoms with Crippen LogP contribution in [0.4, 0.5) is 9.52 Å². The van der Waals surface area contributed by atoms with Crippen molar-refractivity contribution in [2.24, 2.45) is 0 Å². The van der Waals surface area contributed by atoms with E-state index in [1.807, 2.05) is 95.9 Å². The molecule has 1 heterocycles. The Labute approximate surface area is 225 Å². The lowest BCUT2D eigenvalue weighted by Gasteiger charge is -2.24. The molecule has 1 aromatic heterocycles. The van der Waals surface area contributed by atoms with Gasteiger partial charge in [0.2, 0.25) is 11.0 Å². The molecule has 5 aromatic rings. The fraction of sp³-hybridized carbons (Fsp3) is 0.129. The van der Waals surface area contributed by atoms with E-state index < -0.39 is 0 Å². The van der Waals surface area contributed by atoms with Crippen LogP contribution in [0.15, 0.2) is 115 Å². The zero-order valence-electron chi connectivity index (χ0n) is 20.7. The van der Waals surface area contributed by atoms with Crippen molar-refractivity contribution in [3.8, 4) is 0 Å². The molecule has 7 heteroatoms. The number of nitrogens with zero attached hydrogens (tertiary/aromatic N) is 3. The van der Waals surface area contributed by atoms with Crippen LogP contribution in [0.25, 0.3) is 0 Å². The van der Waals surface area contributed by atoms with Crippen LogP contribution in [0, 0.1) is 5.82 Å². The predicted molar refractivity (Wildman–Crippen MR) is 149 cm³/mol. The Bertz CT molecular complexity index is 1400. The summed E-state index contributed by atoms with van der Waals surface area (Å²) in [7, 11) is 0. The van der Waals surface area contributed by atoms with Crippen molar-refractivity contribution in [2.75, 3.05) is 11.4 Å². The van der Waals surface area contributed by atoms with Crippen LogP contribution < -0.4 is 10.2 Å². The zero-order valence-corrected chi connectivity index (χ0v) is 21.5. The van der Waals surface area contributed by atoms with E-state index in [4.69, 9.17) is 4.98 Å². The summed E-state index contributed by atoms with van der Waals surface area (Å²) >= 11 is 1.26. The van der Waals surface area contributed by atoms with E-state index in [1.54, 1.807) is 12.1 Å². The minimum Gasteiger partial charge on any atom is -0.344 e. The highest BCUT2D eigenvalue weighted by atomic mass is 32.1. The third-order valence-electron chi connectivity index (χ3n) is 6.13. The number of halogens is 1. The first-order chi connectivity index (χ1) is 18.6. The van der Waals surface area contributed by atoms with Crippen molar-refractivity contribution < 1.29 is 9.18 Å². The molecule has 0 unspecified atom stereocenters. The number of hydrogen-bond acceptors (Lipinski definition) is 5. The van der Waals surface area contributed by atoms with Crippen LogP contribution in [-0.4, -0.2) is 21.8 Å². The number of aromatic nitrogens is 2. The van der Waals surface area contributed by atoms with Gasteiger partial charge in [0.15, 0.2) is 0 Å². The number of rotatable bonds is 10. The molecule has 1 N–H and O–H groups in total. The highest BCUT2D eigenvalue weighted by molar-refractivity contribution is 7.09. The van der Waals surface area contributed by atoms with Gasteiger partial charge < -0.3 is 10.2 Å². The first-order valence-corrected chi connectivity index (χ1v) is 13.2. The topological polar surface area (TPSA) is 58.1 Å². The van der Waals surface area contributed by atoms with Gasteiger partial charge in [0.25, 0.3) is 0 Å². The predicted octanol–water partition coefficient (Wildman–Crippen LogP) is 6.18. The maximum Gasteiger partial charge on any atom is 0.240 e. The number of nitrogens with one attached hydrogen (secondary N) is 1. The zero-order chi connectivity index (χ0) is 26.2. The highest BCUT2D eigenvalue weighted by Gasteiger charge is 2.21. The molecule has 0 atom stereocenters. The molecule has 0 aliphatic heterocycles. The average molecular weight is 523 g/mol. The fourth-order valence-electron chi connectivity index (χ4n) is 4.25. The molecule has 5 rings (SSSR count). The van der Waals surface area contributed by atoms with Crippen LogP contribution in [-0.2, 0) is 17.8 Å². The third-order valence-corrected chi connectivity index (χ3v) is 6.94. The van der Waals surface area contributed by atoms with Crippen molar-refractivity contribution in [1.29, 1.82) is 0 Å². The summed E-state index contributed by atoms with van der Waals surface area (Å²) in [4.78, 5) is 20.2. The van der Waals surface area contributed by atoms with Crippen molar-refractivity contribution in [3.05, 3.63) is 149 Å². The Morgan fingerprint density at radius 1 is 0.789 bits per heavy atom. The molecule has 5 nitrogen and oxygen atoms in total. The lowest BCUT2D eigenvalue weighted by atomic mass is 9.99. The van der Waals surface area contributed by atoms with Gasteiger partial charge in [-0.15, -0.1) is 0 Å². The van der Waals surface area contributed by atoms with E-state index in [9.17, 15) is 9.18 Å². The second kappa shape index (κ2) is 12.3. The Balaban J connectivity index is 1.36. The van der Waals surface area contributed by atoms with Gasteiger partial charge >= 0.3 is 0 Å². The second-order valence-electron chi connectivity index (χ2n) is 8.96. The van der Waals surface area contributed by atoms with E-state index in [0.717, 1.165) is 22.3 Å². The first kappa shape index (κ1) is 25.3. The van der Waals surface area contributed by atoms with Gasteiger partial charge in [-0.3, -0.25) is 4.79 Å². The van der Waals surface area contributed by atoms with Crippen LogP contribution in [0.1, 0.15) is 34.1 Å². The van der Waals surface area contributed by atoms with Crippen molar-refractivity contribution >= 4 is 22.6 Å². The van der Waals surface area contributed by atoms with E-state index in [2.05, 4.69) is 9.69 Å². The molecule has 4 aromatic carbocycles. The molecule has 0 bridgehead atoms. The van der Waals surface area contributed by atoms with E-state index in [1.165, 1.54) is 23.7 Å². The van der Waals surface area contributed by atoms with Gasteiger partial charge in [-0.25, -0.2) is 9.37 Å². The van der Waals surface area contributed by atoms with Crippen LogP contribution in [0.2, 0.25) is 0 Å². The summed E-state index contributed by atoms with van der Waals surface area (Å²) in [6, 6.07) is 36.0. The summed E-state index contributed by atoms with van der Waals surface area (Å²) in [6.45, 7) is 0.636. The second-order valence-corrected chi connectivity index (χ2v) is 9.69. The Hall–Kier alpha value is -4.36. The minimum absolute atomic E-state index is 0.117. The largest absolute Gasteiger partial charge is 0.344 e. The number of hydrogen-bond donors (Lipinski definition) is 1. The standard InChI is InChI=1S/C31H27FN4OS/c32-27-18-16-23(17-19-27)20-28-33-31(38-35-28)36(21-24-10-4-1-5-11-24)22-29(37)34-30(25-12-6-2-7-13-25)26-14-8-3-9-15-26/h1-19,30H,20-22H2,(H,34,37). The lowest BCUT2D eigenvalue weighted by molar-refractivity contribution is -0.120. The van der Waals surface area contributed by atoms with E-state index >= 15 is 0 Å². The molecule has 0 spiro atoms. The smallest absolute Gasteiger partial charge is 0.240 e. The molecule has 0 saturated heterocycles. The number of carbonyl (C=O) groups excluding carboxylic acids is 1. The van der Waals surface area contributed by atoms with E-state index in [0.29, 0.717) is 23.9 Å². The molecule has 0 aliphatic rings. The molecule has 0 radical (unpaired) electrons. The fourth-order valence-corrected chi connectivity index (χ4v) is 4.94. The number of carbonyl (C=O) groups is 1. The molecule has 1 amide bonds. The maximum absolute atomic E-state index is 13.5. The van der Waals surface area contributed by atoms with Crippen LogP contribution >= 0.6 is 11.5 Å². The summed E-state index contributed by atoms with van der Waals surface area (Å²) in [5, 5.41) is 3.89. The minimum atomic E-state index is -0.273. The summed E-state index contributed by atoms with van der Waals surface area (Å²) in [5.41, 5.74) is 4.02. The summed E-state index contributed by atoms with van der Waals surface area (Å²) in [5.74, 6) is 0.250. The first-order valence-electron chi connectivity index (χ1n) is 12.4. The van der Waals surface area contributed by atoms with Crippen molar-refractivity contribution in [2.45, 2.75) is 19.0 Å². The number of anilines is 1. The van der Waals surface area contributed by atoms with Gasteiger partial charge in [-0.05, 0) is 34.4 Å². The van der Waals surface area contributed by atoms with Gasteiger partial charge in [-0.1, -0.05) is 103 Å².